The third kappa shape index (κ3) is 2.43. The number of aliphatic hydroxyl groups excluding tert-OH is 1. The van der Waals surface area contributed by atoms with Crippen LogP contribution >= 0.6 is 0 Å². The lowest BCUT2D eigenvalue weighted by atomic mass is 10.2. The molecule has 5 heteroatoms. The molecule has 1 atom stereocenters. The van der Waals surface area contributed by atoms with E-state index in [2.05, 4.69) is 15.1 Å². The number of anilines is 1. The van der Waals surface area contributed by atoms with Gasteiger partial charge in [0.2, 0.25) is 0 Å². The van der Waals surface area contributed by atoms with Crippen molar-refractivity contribution in [3.8, 4) is 0 Å². The average molecular weight is 209 g/mol. The van der Waals surface area contributed by atoms with Gasteiger partial charge in [0.1, 0.15) is 0 Å². The van der Waals surface area contributed by atoms with Crippen LogP contribution in [0.25, 0.3) is 0 Å². The molecule has 1 aromatic rings. The Morgan fingerprint density at radius 1 is 1.67 bits per heavy atom. The van der Waals surface area contributed by atoms with Crippen molar-refractivity contribution in [2.24, 2.45) is 0 Å². The Morgan fingerprint density at radius 2 is 2.53 bits per heavy atom. The van der Waals surface area contributed by atoms with Crippen molar-refractivity contribution in [1.82, 2.24) is 10.2 Å². The highest BCUT2D eigenvalue weighted by Gasteiger charge is 2.20. The standard InChI is InChI=1S/C10H15N3O2/c1-8-4-10(12-11-5-8)13-2-3-15-9(6-13)7-14/h4-5,9,14H,2-3,6-7H2,1H3. The van der Waals surface area contributed by atoms with Crippen molar-refractivity contribution in [1.29, 1.82) is 0 Å². The fraction of sp³-hybridized carbons (Fsp3) is 0.600. The number of ether oxygens (including phenoxy) is 1. The van der Waals surface area contributed by atoms with Crippen LogP contribution in [0.1, 0.15) is 5.56 Å². The Morgan fingerprint density at radius 3 is 3.27 bits per heavy atom. The topological polar surface area (TPSA) is 58.5 Å². The van der Waals surface area contributed by atoms with Gasteiger partial charge in [-0.25, -0.2) is 0 Å². The summed E-state index contributed by atoms with van der Waals surface area (Å²) in [6, 6.07) is 1.99. The Kier molecular flexibility index (Phi) is 3.13. The van der Waals surface area contributed by atoms with E-state index in [-0.39, 0.29) is 12.7 Å². The van der Waals surface area contributed by atoms with Gasteiger partial charge in [0.15, 0.2) is 5.82 Å². The second-order valence-corrected chi connectivity index (χ2v) is 3.71. The number of aliphatic hydroxyl groups is 1. The Labute approximate surface area is 88.7 Å². The van der Waals surface area contributed by atoms with Gasteiger partial charge in [-0.1, -0.05) is 0 Å². The molecule has 1 aliphatic rings. The van der Waals surface area contributed by atoms with Crippen molar-refractivity contribution >= 4 is 5.82 Å². The molecule has 1 saturated heterocycles. The first-order chi connectivity index (χ1) is 7.29. The van der Waals surface area contributed by atoms with Crippen LogP contribution in [0.4, 0.5) is 5.82 Å². The minimum Gasteiger partial charge on any atom is -0.394 e. The summed E-state index contributed by atoms with van der Waals surface area (Å²) in [5.74, 6) is 0.858. The van der Waals surface area contributed by atoms with E-state index in [1.165, 1.54) is 0 Å². The predicted octanol–water partition coefficient (Wildman–Crippen LogP) is -0.0175. The van der Waals surface area contributed by atoms with Crippen LogP contribution in [-0.2, 0) is 4.74 Å². The quantitative estimate of drug-likeness (QED) is 0.742. The first-order valence-electron chi connectivity index (χ1n) is 5.06. The molecule has 0 aromatic carbocycles. The highest BCUT2D eigenvalue weighted by molar-refractivity contribution is 5.39. The largest absolute Gasteiger partial charge is 0.394 e. The maximum Gasteiger partial charge on any atom is 0.151 e. The highest BCUT2D eigenvalue weighted by atomic mass is 16.5. The molecule has 0 bridgehead atoms. The van der Waals surface area contributed by atoms with E-state index in [0.29, 0.717) is 13.2 Å². The van der Waals surface area contributed by atoms with E-state index in [1.54, 1.807) is 6.20 Å². The zero-order chi connectivity index (χ0) is 10.7. The van der Waals surface area contributed by atoms with E-state index >= 15 is 0 Å². The van der Waals surface area contributed by atoms with Gasteiger partial charge in [-0.3, -0.25) is 0 Å². The van der Waals surface area contributed by atoms with Crippen molar-refractivity contribution in [2.75, 3.05) is 31.2 Å². The maximum absolute atomic E-state index is 9.02. The Hall–Kier alpha value is -1.20. The monoisotopic (exact) mass is 209 g/mol. The molecule has 2 rings (SSSR count). The van der Waals surface area contributed by atoms with Gasteiger partial charge in [0.05, 0.1) is 25.5 Å². The summed E-state index contributed by atoms with van der Waals surface area (Å²) in [4.78, 5) is 2.09. The maximum atomic E-state index is 9.02. The second-order valence-electron chi connectivity index (χ2n) is 3.71. The summed E-state index contributed by atoms with van der Waals surface area (Å²) in [6.45, 7) is 4.14. The van der Waals surface area contributed by atoms with E-state index in [1.807, 2.05) is 13.0 Å². The molecule has 82 valence electrons. The molecule has 1 aliphatic heterocycles. The SMILES string of the molecule is Cc1cnnc(N2CCOC(CO)C2)c1. The Bertz CT molecular complexity index is 332. The number of nitrogens with zero attached hydrogens (tertiary/aromatic N) is 3. The van der Waals surface area contributed by atoms with Crippen molar-refractivity contribution in [3.05, 3.63) is 17.8 Å². The second kappa shape index (κ2) is 4.55. The number of hydrogen-bond acceptors (Lipinski definition) is 5. The molecule has 0 spiro atoms. The lowest BCUT2D eigenvalue weighted by Crippen LogP contribution is -2.44. The van der Waals surface area contributed by atoms with Crippen LogP contribution in [0, 0.1) is 6.92 Å². The lowest BCUT2D eigenvalue weighted by Gasteiger charge is -2.32. The van der Waals surface area contributed by atoms with Gasteiger partial charge in [-0.2, -0.15) is 5.10 Å². The molecular weight excluding hydrogens is 194 g/mol. The summed E-state index contributed by atoms with van der Waals surface area (Å²) in [7, 11) is 0. The molecule has 15 heavy (non-hydrogen) atoms. The fourth-order valence-corrected chi connectivity index (χ4v) is 1.64. The van der Waals surface area contributed by atoms with E-state index < -0.39 is 0 Å². The minimum absolute atomic E-state index is 0.0513. The molecule has 0 aliphatic carbocycles. The summed E-state index contributed by atoms with van der Waals surface area (Å²) >= 11 is 0. The minimum atomic E-state index is -0.110. The first kappa shape index (κ1) is 10.3. The Balaban J connectivity index is 2.09. The summed E-state index contributed by atoms with van der Waals surface area (Å²) in [5, 5.41) is 17.0. The summed E-state index contributed by atoms with van der Waals surface area (Å²) < 4.78 is 5.37. The number of morpholine rings is 1. The molecule has 1 N–H and O–H groups in total. The molecule has 2 heterocycles. The van der Waals surface area contributed by atoms with Gasteiger partial charge in [0.25, 0.3) is 0 Å². The number of aryl methyl sites for hydroxylation is 1. The van der Waals surface area contributed by atoms with Gasteiger partial charge in [-0.05, 0) is 18.6 Å². The van der Waals surface area contributed by atoms with Crippen molar-refractivity contribution < 1.29 is 9.84 Å². The lowest BCUT2D eigenvalue weighted by molar-refractivity contribution is 0.00332. The highest BCUT2D eigenvalue weighted by Crippen LogP contribution is 2.14. The van der Waals surface area contributed by atoms with Crippen LogP contribution in [0.2, 0.25) is 0 Å². The van der Waals surface area contributed by atoms with E-state index in [0.717, 1.165) is 17.9 Å². The van der Waals surface area contributed by atoms with E-state index in [4.69, 9.17) is 9.84 Å². The normalized spacial score (nSPS) is 21.7. The molecule has 1 unspecified atom stereocenters. The molecule has 0 radical (unpaired) electrons. The van der Waals surface area contributed by atoms with Crippen LogP contribution < -0.4 is 4.90 Å². The predicted molar refractivity (Wildman–Crippen MR) is 55.8 cm³/mol. The summed E-state index contributed by atoms with van der Waals surface area (Å²) in [6.07, 6.45) is 1.62. The van der Waals surface area contributed by atoms with Gasteiger partial charge < -0.3 is 14.7 Å². The zero-order valence-corrected chi connectivity index (χ0v) is 8.76. The van der Waals surface area contributed by atoms with Crippen molar-refractivity contribution in [3.63, 3.8) is 0 Å². The average Bonchev–Trinajstić information content (AvgIpc) is 2.29. The van der Waals surface area contributed by atoms with Crippen LogP contribution in [-0.4, -0.2) is 47.7 Å². The molecule has 5 nitrogen and oxygen atoms in total. The fourth-order valence-electron chi connectivity index (χ4n) is 1.64. The third-order valence-electron chi connectivity index (χ3n) is 2.44. The smallest absolute Gasteiger partial charge is 0.151 e. The van der Waals surface area contributed by atoms with Gasteiger partial charge >= 0.3 is 0 Å². The van der Waals surface area contributed by atoms with Crippen LogP contribution in [0.3, 0.4) is 0 Å². The van der Waals surface area contributed by atoms with Crippen LogP contribution in [0.15, 0.2) is 12.3 Å². The number of hydrogen-bond donors (Lipinski definition) is 1. The molecule has 1 aromatic heterocycles. The van der Waals surface area contributed by atoms with E-state index in [9.17, 15) is 0 Å². The zero-order valence-electron chi connectivity index (χ0n) is 8.76. The summed E-state index contributed by atoms with van der Waals surface area (Å²) in [5.41, 5.74) is 1.09. The first-order valence-corrected chi connectivity index (χ1v) is 5.06. The molecule has 1 fully saturated rings. The third-order valence-corrected chi connectivity index (χ3v) is 2.44. The van der Waals surface area contributed by atoms with Crippen molar-refractivity contribution in [2.45, 2.75) is 13.0 Å². The van der Waals surface area contributed by atoms with Gasteiger partial charge in [-0.15, -0.1) is 5.10 Å². The number of rotatable bonds is 2. The molecular formula is C10H15N3O2. The number of aromatic nitrogens is 2. The van der Waals surface area contributed by atoms with Gasteiger partial charge in [0, 0.05) is 13.1 Å². The van der Waals surface area contributed by atoms with Crippen LogP contribution in [0.5, 0.6) is 0 Å². The molecule has 0 amide bonds. The molecule has 0 saturated carbocycles.